The molecule has 0 aliphatic heterocycles. The smallest absolute Gasteiger partial charge is 0.273 e. The second kappa shape index (κ2) is 6.14. The Morgan fingerprint density at radius 2 is 2.04 bits per heavy atom. The molecule has 1 amide bonds. The van der Waals surface area contributed by atoms with Crippen LogP contribution in [0.2, 0.25) is 0 Å². The highest BCUT2D eigenvalue weighted by atomic mass is 16.2. The van der Waals surface area contributed by atoms with Crippen molar-refractivity contribution >= 4 is 5.91 Å². The SMILES string of the molecule is O=C(NC[C@H]1CC[C@@H]2CCC[C@@H]21)c1cn(-c2ccccc2)nn1. The normalized spacial score (nSPS) is 26.2. The third-order valence-electron chi connectivity index (χ3n) is 5.50. The van der Waals surface area contributed by atoms with E-state index >= 15 is 0 Å². The van der Waals surface area contributed by atoms with E-state index in [2.05, 4.69) is 15.6 Å². The van der Waals surface area contributed by atoms with Gasteiger partial charge in [-0.2, -0.15) is 0 Å². The number of para-hydroxylation sites is 1. The highest BCUT2D eigenvalue weighted by Gasteiger charge is 2.38. The van der Waals surface area contributed by atoms with Gasteiger partial charge in [0.1, 0.15) is 0 Å². The standard InChI is InChI=1S/C18H22N4O/c23-18(19-11-14-10-9-13-5-4-8-16(13)14)17-12-22(21-20-17)15-6-2-1-3-7-15/h1-3,6-7,12-14,16H,4-5,8-11H2,(H,19,23)/t13-,14+,16-/m0/s1. The van der Waals surface area contributed by atoms with Crippen molar-refractivity contribution < 1.29 is 4.79 Å². The lowest BCUT2D eigenvalue weighted by Crippen LogP contribution is -2.31. The first-order valence-electron chi connectivity index (χ1n) is 8.57. The van der Waals surface area contributed by atoms with Gasteiger partial charge in [-0.05, 0) is 49.1 Å². The molecule has 0 spiro atoms. The molecule has 2 saturated carbocycles. The molecular weight excluding hydrogens is 288 g/mol. The summed E-state index contributed by atoms with van der Waals surface area (Å²) < 4.78 is 1.64. The van der Waals surface area contributed by atoms with Crippen LogP contribution < -0.4 is 5.32 Å². The fourth-order valence-electron chi connectivity index (χ4n) is 4.33. The summed E-state index contributed by atoms with van der Waals surface area (Å²) in [6.45, 7) is 0.776. The molecule has 2 aromatic rings. The van der Waals surface area contributed by atoms with Gasteiger partial charge in [0.15, 0.2) is 5.69 Å². The van der Waals surface area contributed by atoms with E-state index < -0.39 is 0 Å². The molecule has 1 N–H and O–H groups in total. The molecule has 0 unspecified atom stereocenters. The summed E-state index contributed by atoms with van der Waals surface area (Å²) in [6.07, 6.45) is 8.39. The summed E-state index contributed by atoms with van der Waals surface area (Å²) in [7, 11) is 0. The molecule has 5 heteroatoms. The maximum atomic E-state index is 12.3. The Balaban J connectivity index is 1.37. The summed E-state index contributed by atoms with van der Waals surface area (Å²) in [4.78, 5) is 12.3. The Morgan fingerprint density at radius 3 is 2.91 bits per heavy atom. The van der Waals surface area contributed by atoms with Crippen LogP contribution in [-0.2, 0) is 0 Å². The van der Waals surface area contributed by atoms with E-state index in [1.807, 2.05) is 30.3 Å². The van der Waals surface area contributed by atoms with E-state index in [1.165, 1.54) is 32.1 Å². The van der Waals surface area contributed by atoms with Crippen LogP contribution in [0.15, 0.2) is 36.5 Å². The van der Waals surface area contributed by atoms with Crippen molar-refractivity contribution in [3.05, 3.63) is 42.2 Å². The molecular formula is C18H22N4O. The minimum Gasteiger partial charge on any atom is -0.350 e. The molecule has 0 saturated heterocycles. The molecule has 0 radical (unpaired) electrons. The van der Waals surface area contributed by atoms with Crippen molar-refractivity contribution in [2.75, 3.05) is 6.54 Å². The van der Waals surface area contributed by atoms with Gasteiger partial charge >= 0.3 is 0 Å². The highest BCUT2D eigenvalue weighted by molar-refractivity contribution is 5.91. The van der Waals surface area contributed by atoms with E-state index in [9.17, 15) is 4.79 Å². The highest BCUT2D eigenvalue weighted by Crippen LogP contribution is 2.47. The topological polar surface area (TPSA) is 59.8 Å². The predicted molar refractivity (Wildman–Crippen MR) is 87.2 cm³/mol. The molecule has 1 heterocycles. The van der Waals surface area contributed by atoms with Crippen LogP contribution in [0.1, 0.15) is 42.6 Å². The number of nitrogens with one attached hydrogen (secondary N) is 1. The zero-order chi connectivity index (χ0) is 15.6. The van der Waals surface area contributed by atoms with Gasteiger partial charge in [-0.15, -0.1) is 5.10 Å². The van der Waals surface area contributed by atoms with Crippen LogP contribution in [0.3, 0.4) is 0 Å². The van der Waals surface area contributed by atoms with E-state index in [0.717, 1.165) is 24.1 Å². The first-order valence-corrected chi connectivity index (χ1v) is 8.57. The Kier molecular flexibility index (Phi) is 3.85. The number of hydrogen-bond donors (Lipinski definition) is 1. The first-order chi connectivity index (χ1) is 11.3. The average Bonchev–Trinajstić information content (AvgIpc) is 3.30. The zero-order valence-electron chi connectivity index (χ0n) is 13.2. The van der Waals surface area contributed by atoms with Crippen molar-refractivity contribution in [3.8, 4) is 5.69 Å². The summed E-state index contributed by atoms with van der Waals surface area (Å²) in [5, 5.41) is 11.1. The summed E-state index contributed by atoms with van der Waals surface area (Å²) in [5.41, 5.74) is 1.29. The Bertz CT molecular complexity index is 681. The monoisotopic (exact) mass is 310 g/mol. The zero-order valence-corrected chi connectivity index (χ0v) is 13.2. The maximum Gasteiger partial charge on any atom is 0.273 e. The molecule has 2 aliphatic rings. The van der Waals surface area contributed by atoms with Crippen molar-refractivity contribution in [3.63, 3.8) is 0 Å². The van der Waals surface area contributed by atoms with Crippen molar-refractivity contribution in [1.82, 2.24) is 20.3 Å². The number of carbonyl (C=O) groups excluding carboxylic acids is 1. The Labute approximate surface area is 136 Å². The van der Waals surface area contributed by atoms with Crippen LogP contribution in [0.5, 0.6) is 0 Å². The van der Waals surface area contributed by atoms with Crippen LogP contribution >= 0.6 is 0 Å². The molecule has 120 valence electrons. The van der Waals surface area contributed by atoms with Crippen molar-refractivity contribution in [1.29, 1.82) is 0 Å². The van der Waals surface area contributed by atoms with E-state index in [-0.39, 0.29) is 5.91 Å². The van der Waals surface area contributed by atoms with Gasteiger partial charge < -0.3 is 5.32 Å². The van der Waals surface area contributed by atoms with E-state index in [4.69, 9.17) is 0 Å². The summed E-state index contributed by atoms with van der Waals surface area (Å²) in [6, 6.07) is 9.71. The largest absolute Gasteiger partial charge is 0.350 e. The third kappa shape index (κ3) is 2.87. The van der Waals surface area contributed by atoms with Gasteiger partial charge in [0.25, 0.3) is 5.91 Å². The molecule has 5 nitrogen and oxygen atoms in total. The van der Waals surface area contributed by atoms with Gasteiger partial charge in [0.2, 0.25) is 0 Å². The number of benzene rings is 1. The molecule has 3 atom stereocenters. The number of aromatic nitrogens is 3. The number of nitrogens with zero attached hydrogens (tertiary/aromatic N) is 3. The van der Waals surface area contributed by atoms with E-state index in [1.54, 1.807) is 10.9 Å². The minimum atomic E-state index is -0.117. The van der Waals surface area contributed by atoms with Crippen LogP contribution in [-0.4, -0.2) is 27.4 Å². The number of fused-ring (bicyclic) bond motifs is 1. The van der Waals surface area contributed by atoms with Crippen LogP contribution in [0.4, 0.5) is 0 Å². The third-order valence-corrected chi connectivity index (χ3v) is 5.50. The lowest BCUT2D eigenvalue weighted by atomic mass is 9.92. The number of carbonyl (C=O) groups is 1. The molecule has 23 heavy (non-hydrogen) atoms. The summed E-state index contributed by atoms with van der Waals surface area (Å²) >= 11 is 0. The fraction of sp³-hybridized carbons (Fsp3) is 0.500. The quantitative estimate of drug-likeness (QED) is 0.944. The average molecular weight is 310 g/mol. The molecule has 0 bridgehead atoms. The fourth-order valence-corrected chi connectivity index (χ4v) is 4.33. The molecule has 2 fully saturated rings. The van der Waals surface area contributed by atoms with Gasteiger partial charge in [0, 0.05) is 6.54 Å². The predicted octanol–water partition coefficient (Wildman–Crippen LogP) is 2.82. The molecule has 4 rings (SSSR count). The lowest BCUT2D eigenvalue weighted by Gasteiger charge is -2.18. The number of amides is 1. The summed E-state index contributed by atoms with van der Waals surface area (Å²) in [5.74, 6) is 2.27. The second-order valence-electron chi connectivity index (χ2n) is 6.79. The first kappa shape index (κ1) is 14.4. The Morgan fingerprint density at radius 1 is 1.17 bits per heavy atom. The Hall–Kier alpha value is -2.17. The second-order valence-corrected chi connectivity index (χ2v) is 6.79. The lowest BCUT2D eigenvalue weighted by molar-refractivity contribution is 0.0938. The number of hydrogen-bond acceptors (Lipinski definition) is 3. The van der Waals surface area contributed by atoms with Crippen molar-refractivity contribution in [2.24, 2.45) is 17.8 Å². The minimum absolute atomic E-state index is 0.117. The van der Waals surface area contributed by atoms with Gasteiger partial charge in [-0.25, -0.2) is 4.68 Å². The van der Waals surface area contributed by atoms with Crippen LogP contribution in [0, 0.1) is 17.8 Å². The van der Waals surface area contributed by atoms with Crippen LogP contribution in [0.25, 0.3) is 5.69 Å². The molecule has 2 aliphatic carbocycles. The molecule has 1 aromatic heterocycles. The maximum absolute atomic E-state index is 12.3. The van der Waals surface area contributed by atoms with Crippen molar-refractivity contribution in [2.45, 2.75) is 32.1 Å². The van der Waals surface area contributed by atoms with E-state index in [0.29, 0.717) is 11.6 Å². The van der Waals surface area contributed by atoms with Gasteiger partial charge in [-0.1, -0.05) is 36.3 Å². The number of rotatable bonds is 4. The molecule has 1 aromatic carbocycles. The van der Waals surface area contributed by atoms with Gasteiger partial charge in [-0.3, -0.25) is 4.79 Å². The van der Waals surface area contributed by atoms with Gasteiger partial charge in [0.05, 0.1) is 11.9 Å².